The van der Waals surface area contributed by atoms with Gasteiger partial charge in [-0.2, -0.15) is 0 Å². The van der Waals surface area contributed by atoms with Gasteiger partial charge in [-0.25, -0.2) is 9.37 Å². The highest BCUT2D eigenvalue weighted by Gasteiger charge is 2.15. The molecule has 1 aliphatic heterocycles. The number of benzene rings is 2. The average Bonchev–Trinajstić information content (AvgIpc) is 3.20. The van der Waals surface area contributed by atoms with E-state index >= 15 is 0 Å². The van der Waals surface area contributed by atoms with E-state index in [-0.39, 0.29) is 0 Å². The summed E-state index contributed by atoms with van der Waals surface area (Å²) in [7, 11) is 2.04. The van der Waals surface area contributed by atoms with Crippen LogP contribution in [-0.2, 0) is 12.8 Å². The van der Waals surface area contributed by atoms with Crippen molar-refractivity contribution in [2.24, 2.45) is 4.99 Å². The van der Waals surface area contributed by atoms with Crippen molar-refractivity contribution in [2.45, 2.75) is 12.8 Å². The summed E-state index contributed by atoms with van der Waals surface area (Å²) in [5, 5.41) is 3.18. The summed E-state index contributed by atoms with van der Waals surface area (Å²) >= 11 is 5.83. The van der Waals surface area contributed by atoms with Crippen molar-refractivity contribution in [1.82, 2.24) is 9.88 Å². The number of hydrogen-bond acceptors (Lipinski definition) is 4. The summed E-state index contributed by atoms with van der Waals surface area (Å²) in [5.41, 5.74) is 3.31. The third kappa shape index (κ3) is 5.09. The molecule has 158 valence electrons. The third-order valence-electron chi connectivity index (χ3n) is 5.24. The van der Waals surface area contributed by atoms with E-state index in [9.17, 15) is 9.18 Å². The lowest BCUT2D eigenvalue weighted by molar-refractivity contribution is 0.102. The molecule has 7 heteroatoms. The van der Waals surface area contributed by atoms with E-state index in [1.807, 2.05) is 7.05 Å². The van der Waals surface area contributed by atoms with Gasteiger partial charge in [-0.15, -0.1) is 0 Å². The van der Waals surface area contributed by atoms with Crippen molar-refractivity contribution in [3.63, 3.8) is 0 Å². The van der Waals surface area contributed by atoms with Gasteiger partial charge < -0.3 is 10.2 Å². The number of hydrogen-bond donors (Lipinski definition) is 1. The number of halogens is 2. The van der Waals surface area contributed by atoms with Crippen molar-refractivity contribution in [3.8, 4) is 0 Å². The lowest BCUT2D eigenvalue weighted by atomic mass is 9.98. The number of aryl methyl sites for hydroxylation is 2. The summed E-state index contributed by atoms with van der Waals surface area (Å²) in [6.45, 7) is 1.77. The zero-order valence-electron chi connectivity index (χ0n) is 17.1. The highest BCUT2D eigenvalue weighted by molar-refractivity contribution is 6.30. The second kappa shape index (κ2) is 9.27. The molecule has 1 N–H and O–H groups in total. The molecule has 0 spiro atoms. The van der Waals surface area contributed by atoms with Gasteiger partial charge in [0.05, 0.1) is 11.6 Å². The Bertz CT molecular complexity index is 1110. The van der Waals surface area contributed by atoms with E-state index in [1.165, 1.54) is 18.3 Å². The second-order valence-electron chi connectivity index (χ2n) is 7.44. The Labute approximate surface area is 185 Å². The number of carbonyl (C=O) groups is 1. The van der Waals surface area contributed by atoms with Gasteiger partial charge in [0.25, 0.3) is 5.91 Å². The van der Waals surface area contributed by atoms with Crippen molar-refractivity contribution in [1.29, 1.82) is 0 Å². The topological polar surface area (TPSA) is 57.6 Å². The molecule has 0 radical (unpaired) electrons. The largest absolute Gasteiger partial charge is 0.358 e. The van der Waals surface area contributed by atoms with Crippen LogP contribution in [0.15, 0.2) is 65.8 Å². The number of anilines is 1. The summed E-state index contributed by atoms with van der Waals surface area (Å²) in [6, 6.07) is 15.8. The SMILES string of the molecule is CN1CCN=C1c1ccc(CCc2ccc(F)cc2C(=O)Nc2ccc(Cl)cn2)cc1. The second-order valence-corrected chi connectivity index (χ2v) is 7.88. The van der Waals surface area contributed by atoms with Crippen LogP contribution in [0.5, 0.6) is 0 Å². The van der Waals surface area contributed by atoms with Crippen molar-refractivity contribution >= 4 is 29.2 Å². The van der Waals surface area contributed by atoms with Crippen LogP contribution in [0.1, 0.15) is 27.0 Å². The molecule has 1 amide bonds. The minimum Gasteiger partial charge on any atom is -0.358 e. The van der Waals surface area contributed by atoms with E-state index < -0.39 is 11.7 Å². The normalized spacial score (nSPS) is 13.3. The van der Waals surface area contributed by atoms with Crippen LogP contribution in [0.3, 0.4) is 0 Å². The lowest BCUT2D eigenvalue weighted by Gasteiger charge is -2.14. The average molecular weight is 437 g/mol. The number of carbonyl (C=O) groups excluding carboxylic acids is 1. The number of amides is 1. The summed E-state index contributed by atoms with van der Waals surface area (Å²) in [5.74, 6) is 0.519. The lowest BCUT2D eigenvalue weighted by Crippen LogP contribution is -2.23. The van der Waals surface area contributed by atoms with E-state index in [4.69, 9.17) is 11.6 Å². The summed E-state index contributed by atoms with van der Waals surface area (Å²) < 4.78 is 13.9. The molecule has 0 aliphatic carbocycles. The molecule has 0 bridgehead atoms. The molecule has 5 nitrogen and oxygen atoms in total. The van der Waals surface area contributed by atoms with Gasteiger partial charge in [0.2, 0.25) is 0 Å². The first-order chi connectivity index (χ1) is 15.0. The molecule has 1 aliphatic rings. The van der Waals surface area contributed by atoms with Gasteiger partial charge in [-0.05, 0) is 48.2 Å². The van der Waals surface area contributed by atoms with Gasteiger partial charge in [0, 0.05) is 30.9 Å². The number of amidine groups is 1. The monoisotopic (exact) mass is 436 g/mol. The maximum absolute atomic E-state index is 13.9. The molecule has 1 aromatic heterocycles. The Balaban J connectivity index is 1.46. The predicted octanol–water partition coefficient (Wildman–Crippen LogP) is 4.60. The van der Waals surface area contributed by atoms with Crippen LogP contribution >= 0.6 is 11.6 Å². The molecule has 31 heavy (non-hydrogen) atoms. The number of rotatable bonds is 6. The highest BCUT2D eigenvalue weighted by Crippen LogP contribution is 2.18. The fourth-order valence-corrected chi connectivity index (χ4v) is 3.67. The zero-order valence-corrected chi connectivity index (χ0v) is 17.9. The number of aliphatic imine (C=N–C) groups is 1. The molecule has 0 fully saturated rings. The maximum atomic E-state index is 13.9. The Hall–Kier alpha value is -3.25. The van der Waals surface area contributed by atoms with Gasteiger partial charge in [0.1, 0.15) is 17.5 Å². The van der Waals surface area contributed by atoms with Crippen molar-refractivity contribution in [3.05, 3.63) is 93.9 Å². The molecule has 0 atom stereocenters. The van der Waals surface area contributed by atoms with Crippen LogP contribution < -0.4 is 5.32 Å². The van der Waals surface area contributed by atoms with Gasteiger partial charge in [-0.3, -0.25) is 9.79 Å². The van der Waals surface area contributed by atoms with Gasteiger partial charge in [0.15, 0.2) is 0 Å². The van der Waals surface area contributed by atoms with Crippen molar-refractivity contribution in [2.75, 3.05) is 25.5 Å². The minimum absolute atomic E-state index is 0.301. The summed E-state index contributed by atoms with van der Waals surface area (Å²) in [4.78, 5) is 23.5. The van der Waals surface area contributed by atoms with Crippen molar-refractivity contribution < 1.29 is 9.18 Å². The fourth-order valence-electron chi connectivity index (χ4n) is 3.56. The number of likely N-dealkylation sites (N-methyl/N-ethyl adjacent to an activating group) is 1. The highest BCUT2D eigenvalue weighted by atomic mass is 35.5. The quantitative estimate of drug-likeness (QED) is 0.614. The fraction of sp³-hybridized carbons (Fsp3) is 0.208. The minimum atomic E-state index is -0.455. The molecular formula is C24H22ClFN4O. The van der Waals surface area contributed by atoms with Gasteiger partial charge in [-0.1, -0.05) is 41.9 Å². The third-order valence-corrected chi connectivity index (χ3v) is 5.46. The Morgan fingerprint density at radius 3 is 2.61 bits per heavy atom. The first-order valence-electron chi connectivity index (χ1n) is 10.1. The zero-order chi connectivity index (χ0) is 21.8. The van der Waals surface area contributed by atoms with Crippen LogP contribution in [0.25, 0.3) is 0 Å². The van der Waals surface area contributed by atoms with E-state index in [0.29, 0.717) is 22.8 Å². The molecule has 4 rings (SSSR count). The van der Waals surface area contributed by atoms with Crippen LogP contribution in [0, 0.1) is 5.82 Å². The Kier molecular flexibility index (Phi) is 6.28. The number of aromatic nitrogens is 1. The smallest absolute Gasteiger partial charge is 0.257 e. The maximum Gasteiger partial charge on any atom is 0.257 e. The predicted molar refractivity (Wildman–Crippen MR) is 121 cm³/mol. The molecule has 0 unspecified atom stereocenters. The molecule has 2 heterocycles. The van der Waals surface area contributed by atoms with Gasteiger partial charge >= 0.3 is 0 Å². The van der Waals surface area contributed by atoms with Crippen LogP contribution in [0.4, 0.5) is 10.2 Å². The number of nitrogens with one attached hydrogen (secondary N) is 1. The van der Waals surface area contributed by atoms with E-state index in [1.54, 1.807) is 18.2 Å². The first-order valence-corrected chi connectivity index (χ1v) is 10.4. The summed E-state index contributed by atoms with van der Waals surface area (Å²) in [6.07, 6.45) is 2.78. The number of pyridine rings is 1. The van der Waals surface area contributed by atoms with E-state index in [0.717, 1.165) is 42.0 Å². The molecule has 3 aromatic rings. The standard InChI is InChI=1S/C24H22ClFN4O/c1-30-13-12-27-23(30)18-6-3-16(4-7-18)2-5-17-8-10-20(26)14-21(17)24(31)29-22-11-9-19(25)15-28-22/h3-4,6-11,14-15H,2,5,12-13H2,1H3,(H,28,29,31). The molecule has 0 saturated carbocycles. The molecule has 2 aromatic carbocycles. The number of nitrogens with zero attached hydrogens (tertiary/aromatic N) is 3. The first kappa shape index (κ1) is 21.0. The molecule has 0 saturated heterocycles. The Morgan fingerprint density at radius 1 is 1.13 bits per heavy atom. The van der Waals surface area contributed by atoms with E-state index in [2.05, 4.69) is 44.5 Å². The van der Waals surface area contributed by atoms with Crippen LogP contribution in [-0.4, -0.2) is 41.8 Å². The van der Waals surface area contributed by atoms with Crippen LogP contribution in [0.2, 0.25) is 5.02 Å². The molecular weight excluding hydrogens is 415 g/mol. The Morgan fingerprint density at radius 2 is 1.94 bits per heavy atom.